The molecule has 128 valence electrons. The summed E-state index contributed by atoms with van der Waals surface area (Å²) in [7, 11) is 3.46. The number of rotatable bonds is 9. The molecule has 0 spiro atoms. The molecule has 0 aliphatic carbocycles. The van der Waals surface area contributed by atoms with Gasteiger partial charge in [0.15, 0.2) is 0 Å². The summed E-state index contributed by atoms with van der Waals surface area (Å²) in [6, 6.07) is 5.69. The number of nitrogens with two attached hydrogens (primary N) is 1. The van der Waals surface area contributed by atoms with E-state index in [9.17, 15) is 4.79 Å². The van der Waals surface area contributed by atoms with Crippen LogP contribution in [0.25, 0.3) is 0 Å². The van der Waals surface area contributed by atoms with Crippen molar-refractivity contribution in [3.8, 4) is 0 Å². The van der Waals surface area contributed by atoms with E-state index in [4.69, 9.17) is 10.5 Å². The summed E-state index contributed by atoms with van der Waals surface area (Å²) in [6.45, 7) is 5.54. The van der Waals surface area contributed by atoms with Crippen molar-refractivity contribution in [3.05, 3.63) is 18.2 Å². The van der Waals surface area contributed by atoms with E-state index in [0.717, 1.165) is 24.3 Å². The first-order valence-electron chi connectivity index (χ1n) is 7.87. The highest BCUT2D eigenvalue weighted by atomic mass is 16.5. The molecule has 1 amide bonds. The van der Waals surface area contributed by atoms with E-state index in [0.29, 0.717) is 24.6 Å². The van der Waals surface area contributed by atoms with E-state index in [1.54, 1.807) is 19.1 Å². The van der Waals surface area contributed by atoms with Gasteiger partial charge < -0.3 is 20.7 Å². The zero-order valence-corrected chi connectivity index (χ0v) is 14.5. The zero-order valence-electron chi connectivity index (χ0n) is 14.5. The summed E-state index contributed by atoms with van der Waals surface area (Å²) in [4.78, 5) is 18.0. The van der Waals surface area contributed by atoms with Gasteiger partial charge in [0, 0.05) is 39.4 Å². The Labute approximate surface area is 138 Å². The summed E-state index contributed by atoms with van der Waals surface area (Å²) in [5.41, 5.74) is 7.84. The zero-order chi connectivity index (χ0) is 17.2. The number of anilines is 2. The van der Waals surface area contributed by atoms with Gasteiger partial charge in [-0.1, -0.05) is 13.8 Å². The van der Waals surface area contributed by atoms with Gasteiger partial charge in [0.1, 0.15) is 0 Å². The van der Waals surface area contributed by atoms with E-state index in [1.165, 1.54) is 6.34 Å². The second-order valence-electron chi connectivity index (χ2n) is 5.80. The van der Waals surface area contributed by atoms with Gasteiger partial charge >= 0.3 is 0 Å². The molecule has 6 nitrogen and oxygen atoms in total. The van der Waals surface area contributed by atoms with Crippen molar-refractivity contribution in [1.82, 2.24) is 0 Å². The summed E-state index contributed by atoms with van der Waals surface area (Å²) >= 11 is 0. The van der Waals surface area contributed by atoms with Crippen molar-refractivity contribution < 1.29 is 9.53 Å². The lowest BCUT2D eigenvalue weighted by atomic mass is 10.1. The van der Waals surface area contributed by atoms with Crippen LogP contribution in [-0.2, 0) is 9.53 Å². The monoisotopic (exact) mass is 320 g/mol. The largest absolute Gasteiger partial charge is 0.390 e. The van der Waals surface area contributed by atoms with Crippen LogP contribution in [0.2, 0.25) is 0 Å². The summed E-state index contributed by atoms with van der Waals surface area (Å²) in [6.07, 6.45) is 2.68. The molecule has 0 radical (unpaired) electrons. The molecule has 3 N–H and O–H groups in total. The highest BCUT2D eigenvalue weighted by Crippen LogP contribution is 2.30. The minimum Gasteiger partial charge on any atom is -0.390 e. The summed E-state index contributed by atoms with van der Waals surface area (Å²) < 4.78 is 5.03. The van der Waals surface area contributed by atoms with Crippen molar-refractivity contribution in [1.29, 1.82) is 0 Å². The molecule has 0 aromatic heterocycles. The lowest BCUT2D eigenvalue weighted by Gasteiger charge is -2.20. The third kappa shape index (κ3) is 6.28. The van der Waals surface area contributed by atoms with E-state index >= 15 is 0 Å². The van der Waals surface area contributed by atoms with Crippen LogP contribution >= 0.6 is 0 Å². The Balaban J connectivity index is 2.87. The van der Waals surface area contributed by atoms with Gasteiger partial charge in [0.25, 0.3) is 0 Å². The maximum atomic E-state index is 12.2. The molecule has 0 atom stereocenters. The number of carbonyl (C=O) groups excluding carboxylic acids is 1. The average Bonchev–Trinajstić information content (AvgIpc) is 2.51. The number of benzene rings is 1. The van der Waals surface area contributed by atoms with Gasteiger partial charge in [-0.15, -0.1) is 0 Å². The van der Waals surface area contributed by atoms with Crippen LogP contribution in [0.5, 0.6) is 0 Å². The first kappa shape index (κ1) is 19.0. The highest BCUT2D eigenvalue weighted by Gasteiger charge is 2.14. The Morgan fingerprint density at radius 3 is 2.83 bits per heavy atom. The Kier molecular flexibility index (Phi) is 8.11. The van der Waals surface area contributed by atoms with Crippen LogP contribution in [0.1, 0.15) is 26.7 Å². The van der Waals surface area contributed by atoms with Gasteiger partial charge in [0.2, 0.25) is 5.91 Å². The number of aliphatic imine (C=N–C) groups is 1. The average molecular weight is 320 g/mol. The second-order valence-corrected chi connectivity index (χ2v) is 5.80. The Morgan fingerprint density at radius 1 is 1.48 bits per heavy atom. The van der Waals surface area contributed by atoms with Crippen molar-refractivity contribution in [2.45, 2.75) is 26.7 Å². The fourth-order valence-electron chi connectivity index (χ4n) is 2.13. The molecule has 0 heterocycles. The predicted octanol–water partition coefficient (Wildman–Crippen LogP) is 2.76. The molecule has 0 saturated heterocycles. The van der Waals surface area contributed by atoms with Crippen molar-refractivity contribution in [3.63, 3.8) is 0 Å². The van der Waals surface area contributed by atoms with Gasteiger partial charge in [-0.3, -0.25) is 4.79 Å². The third-order valence-corrected chi connectivity index (χ3v) is 3.38. The Morgan fingerprint density at radius 2 is 2.22 bits per heavy atom. The van der Waals surface area contributed by atoms with Gasteiger partial charge in [-0.05, 0) is 30.5 Å². The van der Waals surface area contributed by atoms with Crippen molar-refractivity contribution in [2.75, 3.05) is 37.5 Å². The summed E-state index contributed by atoms with van der Waals surface area (Å²) in [5, 5.41) is 3.31. The Bertz CT molecular complexity index is 529. The smallest absolute Gasteiger partial charge is 0.226 e. The first-order chi connectivity index (χ1) is 11.0. The second kappa shape index (κ2) is 9.84. The minimum atomic E-state index is 0.0866. The van der Waals surface area contributed by atoms with Gasteiger partial charge in [-0.2, -0.15) is 0 Å². The number of ether oxygens (including phenoxy) is 1. The third-order valence-electron chi connectivity index (χ3n) is 3.38. The minimum absolute atomic E-state index is 0.0866. The normalized spacial score (nSPS) is 11.2. The fourth-order valence-corrected chi connectivity index (χ4v) is 2.13. The quantitative estimate of drug-likeness (QED) is 0.416. The molecule has 0 unspecified atom stereocenters. The number of hydrogen-bond donors (Lipinski definition) is 2. The van der Waals surface area contributed by atoms with Crippen LogP contribution < -0.4 is 16.0 Å². The number of nitrogens with zero attached hydrogens (tertiary/aromatic N) is 2. The maximum absolute atomic E-state index is 12.2. The first-order valence-corrected chi connectivity index (χ1v) is 7.87. The molecule has 6 heteroatoms. The molecule has 1 aromatic rings. The van der Waals surface area contributed by atoms with Crippen LogP contribution in [0.15, 0.2) is 23.2 Å². The molecule has 0 aliphatic heterocycles. The fraction of sp³-hybridized carbons (Fsp3) is 0.529. The molecule has 23 heavy (non-hydrogen) atoms. The maximum Gasteiger partial charge on any atom is 0.226 e. The molecule has 0 fully saturated rings. The Hall–Kier alpha value is -2.08. The lowest BCUT2D eigenvalue weighted by molar-refractivity contribution is -0.119. The number of nitrogens with one attached hydrogen (secondary N) is 1. The molecular formula is C17H28N4O2. The van der Waals surface area contributed by atoms with Crippen LogP contribution in [0.4, 0.5) is 17.1 Å². The molecule has 1 rings (SSSR count). The van der Waals surface area contributed by atoms with Gasteiger partial charge in [0.05, 0.1) is 17.7 Å². The van der Waals surface area contributed by atoms with E-state index in [1.807, 2.05) is 32.0 Å². The highest BCUT2D eigenvalue weighted by molar-refractivity contribution is 5.94. The number of methoxy groups -OCH3 is 1. The standard InChI is InChI=1S/C17H28N4O2/c1-13(2)10-17(22)21(3)14-6-7-15(16(11-14)20-12-18)19-8-5-9-23-4/h6-7,11-13,19H,5,8-10H2,1-4H3,(H2,18,20). The van der Waals surface area contributed by atoms with Crippen LogP contribution in [-0.4, -0.2) is 39.6 Å². The predicted molar refractivity (Wildman–Crippen MR) is 96.6 cm³/mol. The van der Waals surface area contributed by atoms with E-state index in [-0.39, 0.29) is 5.91 Å². The number of amides is 1. The van der Waals surface area contributed by atoms with Crippen LogP contribution in [0.3, 0.4) is 0 Å². The number of hydrogen-bond acceptors (Lipinski definition) is 4. The van der Waals surface area contributed by atoms with Gasteiger partial charge in [-0.25, -0.2) is 4.99 Å². The molecule has 1 aromatic carbocycles. The topological polar surface area (TPSA) is 80.0 Å². The lowest BCUT2D eigenvalue weighted by Crippen LogP contribution is -2.27. The van der Waals surface area contributed by atoms with E-state index < -0.39 is 0 Å². The molecular weight excluding hydrogens is 292 g/mol. The van der Waals surface area contributed by atoms with Crippen LogP contribution in [0, 0.1) is 5.92 Å². The van der Waals surface area contributed by atoms with E-state index in [2.05, 4.69) is 10.3 Å². The van der Waals surface area contributed by atoms with Crippen molar-refractivity contribution >= 4 is 29.3 Å². The summed E-state index contributed by atoms with van der Waals surface area (Å²) in [5.74, 6) is 0.414. The number of carbonyl (C=O) groups is 1. The van der Waals surface area contributed by atoms with Crippen molar-refractivity contribution in [2.24, 2.45) is 16.6 Å². The SMILES string of the molecule is COCCCNc1ccc(N(C)C(=O)CC(C)C)cc1N=CN. The molecule has 0 aliphatic rings. The molecule has 0 saturated carbocycles. The molecule has 0 bridgehead atoms.